The van der Waals surface area contributed by atoms with Crippen LogP contribution < -0.4 is 0 Å². The third kappa shape index (κ3) is 4.06. The van der Waals surface area contributed by atoms with Crippen molar-refractivity contribution in [2.75, 3.05) is 13.2 Å². The fourth-order valence-electron chi connectivity index (χ4n) is 3.92. The summed E-state index contributed by atoms with van der Waals surface area (Å²) in [5.41, 5.74) is -0.173. The Morgan fingerprint density at radius 2 is 1.90 bits per heavy atom. The van der Waals surface area contributed by atoms with E-state index in [0.717, 1.165) is 15.4 Å². The Morgan fingerprint density at radius 1 is 1.24 bits per heavy atom. The Labute approximate surface area is 168 Å². The summed E-state index contributed by atoms with van der Waals surface area (Å²) in [5, 5.41) is 20.3. The first-order valence-electron chi connectivity index (χ1n) is 9.51. The fourth-order valence-corrected chi connectivity index (χ4v) is 3.92. The minimum absolute atomic E-state index is 0.0457. The van der Waals surface area contributed by atoms with Gasteiger partial charge in [0.2, 0.25) is 5.91 Å². The smallest absolute Gasteiger partial charge is 0.416 e. The zero-order chi connectivity index (χ0) is 21.3. The number of carboxylic acid groups (broad SMARTS) is 1. The molecule has 3 rings (SSSR count). The predicted octanol–water partition coefficient (Wildman–Crippen LogP) is 1.69. The lowest BCUT2D eigenvalue weighted by molar-refractivity contribution is -0.138. The van der Waals surface area contributed by atoms with E-state index >= 15 is 0 Å². The molecule has 0 saturated carbocycles. The summed E-state index contributed by atoms with van der Waals surface area (Å²) in [5.74, 6) is -1.63. The molecular weight excluding hydrogens is 380 g/mol. The summed E-state index contributed by atoms with van der Waals surface area (Å²) in [6.45, 7) is 4.66. The largest absolute Gasteiger partial charge is 0.465 e. The standard InChI is InChI=1S/C20H26N2O7/c1-12(16(23)15-11-29-20(2,3)22(15)18(25)26)17(24)21-14(10-28-19(21)27)9-13-7-5-4-6-8-13/h4-8,12,14-16,23H,9-11H2,1-3H3,(H,25,26)/t12-,14-,15-,16?/m1/s1. The van der Waals surface area contributed by atoms with Crippen LogP contribution >= 0.6 is 0 Å². The highest BCUT2D eigenvalue weighted by Crippen LogP contribution is 2.32. The molecule has 0 aliphatic carbocycles. The maximum absolute atomic E-state index is 13.1. The van der Waals surface area contributed by atoms with Gasteiger partial charge in [-0.1, -0.05) is 37.3 Å². The molecule has 1 aromatic rings. The normalized spacial score (nSPS) is 25.6. The molecule has 0 aromatic heterocycles. The van der Waals surface area contributed by atoms with Gasteiger partial charge in [-0.05, 0) is 25.8 Å². The Bertz CT molecular complexity index is 782. The van der Waals surface area contributed by atoms with Gasteiger partial charge in [-0.3, -0.25) is 9.69 Å². The predicted molar refractivity (Wildman–Crippen MR) is 101 cm³/mol. The van der Waals surface area contributed by atoms with Gasteiger partial charge in [0.05, 0.1) is 30.7 Å². The molecule has 2 aliphatic heterocycles. The lowest BCUT2D eigenvalue weighted by atomic mass is 9.94. The van der Waals surface area contributed by atoms with Gasteiger partial charge in [0.15, 0.2) is 0 Å². The van der Waals surface area contributed by atoms with Gasteiger partial charge in [0, 0.05) is 0 Å². The van der Waals surface area contributed by atoms with Crippen LogP contribution in [-0.4, -0.2) is 75.2 Å². The Balaban J connectivity index is 1.75. The second-order valence-corrected chi connectivity index (χ2v) is 7.89. The van der Waals surface area contributed by atoms with E-state index in [-0.39, 0.29) is 13.2 Å². The summed E-state index contributed by atoms with van der Waals surface area (Å²) in [7, 11) is 0. The van der Waals surface area contributed by atoms with Gasteiger partial charge in [0.1, 0.15) is 12.3 Å². The average molecular weight is 406 g/mol. The molecule has 2 saturated heterocycles. The highest BCUT2D eigenvalue weighted by atomic mass is 16.6. The maximum Gasteiger partial charge on any atom is 0.416 e. The molecule has 0 spiro atoms. The van der Waals surface area contributed by atoms with Crippen molar-refractivity contribution in [3.05, 3.63) is 35.9 Å². The molecule has 4 atom stereocenters. The Morgan fingerprint density at radius 3 is 2.52 bits per heavy atom. The number of rotatable bonds is 5. The van der Waals surface area contributed by atoms with E-state index in [4.69, 9.17) is 9.47 Å². The van der Waals surface area contributed by atoms with E-state index in [1.165, 1.54) is 6.92 Å². The number of amides is 3. The monoisotopic (exact) mass is 406 g/mol. The minimum Gasteiger partial charge on any atom is -0.465 e. The van der Waals surface area contributed by atoms with Gasteiger partial charge in [-0.2, -0.15) is 0 Å². The van der Waals surface area contributed by atoms with Crippen LogP contribution in [0.4, 0.5) is 9.59 Å². The van der Waals surface area contributed by atoms with Crippen LogP contribution in [0, 0.1) is 5.92 Å². The number of hydrogen-bond donors (Lipinski definition) is 2. The minimum atomic E-state index is -1.34. The topological polar surface area (TPSA) is 117 Å². The van der Waals surface area contributed by atoms with Crippen LogP contribution in [-0.2, 0) is 20.7 Å². The molecular formula is C20H26N2O7. The maximum atomic E-state index is 13.1. The van der Waals surface area contributed by atoms with Crippen molar-refractivity contribution in [2.45, 2.75) is 51.1 Å². The Hall–Kier alpha value is -2.65. The van der Waals surface area contributed by atoms with Gasteiger partial charge in [0.25, 0.3) is 0 Å². The molecule has 0 radical (unpaired) electrons. The number of aliphatic hydroxyl groups excluding tert-OH is 1. The van der Waals surface area contributed by atoms with E-state index in [1.807, 2.05) is 30.3 Å². The highest BCUT2D eigenvalue weighted by molar-refractivity contribution is 5.95. The SMILES string of the molecule is C[C@@H](C(=O)N1C(=O)OC[C@H]1Cc1ccccc1)C(O)[C@H]1COC(C)(C)N1C(=O)O. The second-order valence-electron chi connectivity index (χ2n) is 7.89. The van der Waals surface area contributed by atoms with Crippen LogP contribution in [0.5, 0.6) is 0 Å². The number of benzene rings is 1. The summed E-state index contributed by atoms with van der Waals surface area (Å²) in [4.78, 5) is 39.0. The van der Waals surface area contributed by atoms with Crippen LogP contribution in [0.25, 0.3) is 0 Å². The molecule has 1 aromatic carbocycles. The van der Waals surface area contributed by atoms with Gasteiger partial charge in [-0.25, -0.2) is 14.5 Å². The van der Waals surface area contributed by atoms with E-state index < -0.39 is 47.9 Å². The van der Waals surface area contributed by atoms with Crippen molar-refractivity contribution < 1.29 is 34.1 Å². The van der Waals surface area contributed by atoms with Gasteiger partial charge in [-0.15, -0.1) is 0 Å². The quantitative estimate of drug-likeness (QED) is 0.764. The van der Waals surface area contributed by atoms with Crippen molar-refractivity contribution in [1.82, 2.24) is 9.80 Å². The van der Waals surface area contributed by atoms with Gasteiger partial charge < -0.3 is 19.7 Å². The number of carbonyl (C=O) groups is 3. The average Bonchev–Trinajstić information content (AvgIpc) is 3.19. The van der Waals surface area contributed by atoms with Crippen LogP contribution in [0.3, 0.4) is 0 Å². The third-order valence-corrected chi connectivity index (χ3v) is 5.53. The number of carbonyl (C=O) groups excluding carboxylic acids is 2. The fraction of sp³-hybridized carbons (Fsp3) is 0.550. The van der Waals surface area contributed by atoms with E-state index in [0.29, 0.717) is 6.42 Å². The molecule has 29 heavy (non-hydrogen) atoms. The first-order valence-corrected chi connectivity index (χ1v) is 9.51. The summed E-state index contributed by atoms with van der Waals surface area (Å²) >= 11 is 0. The third-order valence-electron chi connectivity index (χ3n) is 5.53. The summed E-state index contributed by atoms with van der Waals surface area (Å²) in [6, 6.07) is 7.99. The zero-order valence-electron chi connectivity index (χ0n) is 16.6. The zero-order valence-corrected chi connectivity index (χ0v) is 16.6. The van der Waals surface area contributed by atoms with Crippen molar-refractivity contribution in [1.29, 1.82) is 0 Å². The second kappa shape index (κ2) is 8.00. The number of cyclic esters (lactones) is 1. The molecule has 3 amide bonds. The Kier molecular flexibility index (Phi) is 5.81. The molecule has 2 aliphatic rings. The number of nitrogens with zero attached hydrogens (tertiary/aromatic N) is 2. The molecule has 2 fully saturated rings. The van der Waals surface area contributed by atoms with Crippen molar-refractivity contribution in [3.63, 3.8) is 0 Å². The van der Waals surface area contributed by atoms with E-state index in [1.54, 1.807) is 13.8 Å². The summed E-state index contributed by atoms with van der Waals surface area (Å²) in [6.07, 6.45) is -2.92. The molecule has 9 nitrogen and oxygen atoms in total. The van der Waals surface area contributed by atoms with Crippen LogP contribution in [0.1, 0.15) is 26.3 Å². The van der Waals surface area contributed by atoms with E-state index in [2.05, 4.69) is 0 Å². The molecule has 1 unspecified atom stereocenters. The first-order chi connectivity index (χ1) is 13.6. The van der Waals surface area contributed by atoms with E-state index in [9.17, 15) is 24.6 Å². The molecule has 0 bridgehead atoms. The molecule has 158 valence electrons. The number of hydrogen-bond acceptors (Lipinski definition) is 6. The van der Waals surface area contributed by atoms with Crippen molar-refractivity contribution in [2.24, 2.45) is 5.92 Å². The van der Waals surface area contributed by atoms with Crippen LogP contribution in [0.15, 0.2) is 30.3 Å². The first kappa shape index (κ1) is 21.1. The lowest BCUT2D eigenvalue weighted by Gasteiger charge is -2.35. The number of aliphatic hydroxyl groups is 1. The van der Waals surface area contributed by atoms with Crippen molar-refractivity contribution in [3.8, 4) is 0 Å². The number of imide groups is 1. The molecule has 9 heteroatoms. The summed E-state index contributed by atoms with van der Waals surface area (Å²) < 4.78 is 10.6. The van der Waals surface area contributed by atoms with Gasteiger partial charge >= 0.3 is 12.2 Å². The van der Waals surface area contributed by atoms with Crippen molar-refractivity contribution >= 4 is 18.1 Å². The van der Waals surface area contributed by atoms with Crippen LogP contribution in [0.2, 0.25) is 0 Å². The highest BCUT2D eigenvalue weighted by Gasteiger charge is 2.50. The molecule has 2 heterocycles. The molecule has 2 N–H and O–H groups in total. The lowest BCUT2D eigenvalue weighted by Crippen LogP contribution is -2.55. The number of ether oxygens (including phenoxy) is 2.